The Morgan fingerprint density at radius 2 is 1.47 bits per heavy atom. The van der Waals surface area contributed by atoms with Crippen LogP contribution in [0.2, 0.25) is 0 Å². The Morgan fingerprint density at radius 1 is 0.861 bits per heavy atom. The van der Waals surface area contributed by atoms with Gasteiger partial charge in [-0.3, -0.25) is 0 Å². The molecule has 3 aromatic carbocycles. The fourth-order valence-electron chi connectivity index (χ4n) is 3.99. The van der Waals surface area contributed by atoms with Crippen molar-refractivity contribution in [1.29, 1.82) is 0 Å². The van der Waals surface area contributed by atoms with Crippen LogP contribution < -0.4 is 14.2 Å². The van der Waals surface area contributed by atoms with E-state index >= 15 is 0 Å². The molecule has 1 aliphatic heterocycles. The second-order valence-electron chi connectivity index (χ2n) is 8.70. The minimum Gasteiger partial charge on any atom is -0.497 e. The molecular weight excluding hydrogens is 456 g/mol. The van der Waals surface area contributed by atoms with Crippen molar-refractivity contribution in [3.05, 3.63) is 90.5 Å². The fraction of sp³-hybridized carbons (Fsp3) is 0.267. The summed E-state index contributed by atoms with van der Waals surface area (Å²) in [5.74, 6) is 1.30. The topological polar surface area (TPSA) is 71.1 Å². The van der Waals surface area contributed by atoms with Gasteiger partial charge in [-0.15, -0.1) is 0 Å². The van der Waals surface area contributed by atoms with Crippen molar-refractivity contribution in [3.8, 4) is 28.4 Å². The molecule has 1 fully saturated rings. The van der Waals surface area contributed by atoms with Gasteiger partial charge in [-0.05, 0) is 85.3 Å². The molecular formula is C30H30O6. The average molecular weight is 487 g/mol. The molecule has 0 amide bonds. The van der Waals surface area contributed by atoms with E-state index in [4.69, 9.17) is 18.9 Å². The van der Waals surface area contributed by atoms with Gasteiger partial charge in [0.2, 0.25) is 0 Å². The molecule has 0 spiro atoms. The quantitative estimate of drug-likeness (QED) is 0.135. The number of ether oxygens (including phenoxy) is 4. The van der Waals surface area contributed by atoms with Gasteiger partial charge in [-0.2, -0.15) is 0 Å². The van der Waals surface area contributed by atoms with Crippen molar-refractivity contribution in [2.24, 2.45) is 0 Å². The van der Waals surface area contributed by atoms with Crippen molar-refractivity contribution in [2.75, 3.05) is 13.7 Å². The second-order valence-corrected chi connectivity index (χ2v) is 8.70. The third kappa shape index (κ3) is 6.75. The number of carbonyl (C=O) groups excluding carboxylic acids is 2. The third-order valence-corrected chi connectivity index (χ3v) is 6.05. The molecule has 0 saturated carbocycles. The van der Waals surface area contributed by atoms with Crippen LogP contribution >= 0.6 is 0 Å². The van der Waals surface area contributed by atoms with Crippen LogP contribution in [0, 0.1) is 0 Å². The van der Waals surface area contributed by atoms with Crippen LogP contribution in [0.25, 0.3) is 11.1 Å². The lowest BCUT2D eigenvalue weighted by Gasteiger charge is -2.09. The summed E-state index contributed by atoms with van der Waals surface area (Å²) in [6.45, 7) is 4.29. The SMILES string of the molecule is C=C1CC(CCCCCOc2ccc(C(=O)Oc3ccc(-c4ccc(OC)cc4)cc3)cc2)OC1=O. The first-order chi connectivity index (χ1) is 17.5. The van der Waals surface area contributed by atoms with Crippen LogP contribution in [-0.4, -0.2) is 31.8 Å². The van der Waals surface area contributed by atoms with E-state index in [0.29, 0.717) is 35.7 Å². The van der Waals surface area contributed by atoms with Crippen molar-refractivity contribution in [3.63, 3.8) is 0 Å². The Morgan fingerprint density at radius 3 is 2.06 bits per heavy atom. The van der Waals surface area contributed by atoms with E-state index in [2.05, 4.69) is 6.58 Å². The van der Waals surface area contributed by atoms with E-state index in [1.165, 1.54) is 0 Å². The first-order valence-corrected chi connectivity index (χ1v) is 12.1. The van der Waals surface area contributed by atoms with Crippen LogP contribution in [0.5, 0.6) is 17.2 Å². The Bertz CT molecular complexity index is 1160. The van der Waals surface area contributed by atoms with Gasteiger partial charge in [0, 0.05) is 12.0 Å². The lowest BCUT2D eigenvalue weighted by molar-refractivity contribution is -0.139. The summed E-state index contributed by atoms with van der Waals surface area (Å²) in [5.41, 5.74) is 3.09. The van der Waals surface area contributed by atoms with Gasteiger partial charge in [0.05, 0.1) is 19.3 Å². The highest BCUT2D eigenvalue weighted by Crippen LogP contribution is 2.25. The Balaban J connectivity index is 1.18. The molecule has 0 aromatic heterocycles. The van der Waals surface area contributed by atoms with Gasteiger partial charge in [0.25, 0.3) is 0 Å². The van der Waals surface area contributed by atoms with Gasteiger partial charge in [-0.1, -0.05) is 30.8 Å². The molecule has 4 rings (SSSR count). The number of benzene rings is 3. The van der Waals surface area contributed by atoms with E-state index in [9.17, 15) is 9.59 Å². The smallest absolute Gasteiger partial charge is 0.343 e. The molecule has 1 atom stereocenters. The van der Waals surface area contributed by atoms with Crippen LogP contribution in [-0.2, 0) is 9.53 Å². The van der Waals surface area contributed by atoms with Crippen molar-refractivity contribution in [2.45, 2.75) is 38.2 Å². The molecule has 3 aromatic rings. The number of hydrogen-bond donors (Lipinski definition) is 0. The monoisotopic (exact) mass is 486 g/mol. The highest BCUT2D eigenvalue weighted by atomic mass is 16.6. The predicted molar refractivity (Wildman–Crippen MR) is 137 cm³/mol. The number of methoxy groups -OCH3 is 1. The molecule has 186 valence electrons. The molecule has 1 saturated heterocycles. The standard InChI is InChI=1S/C30H30O6/c1-21-20-28(36-29(21)31)6-4-3-5-19-34-26-15-11-24(12-16-26)30(32)35-27-17-9-23(10-18-27)22-7-13-25(33-2)14-8-22/h7-18,28H,1,3-6,19-20H2,2H3. The third-order valence-electron chi connectivity index (χ3n) is 6.05. The first kappa shape index (κ1) is 25.0. The summed E-state index contributed by atoms with van der Waals surface area (Å²) < 4.78 is 21.7. The summed E-state index contributed by atoms with van der Waals surface area (Å²) in [6, 6.07) is 22.1. The van der Waals surface area contributed by atoms with Crippen LogP contribution in [0.4, 0.5) is 0 Å². The Hall–Kier alpha value is -4.06. The number of cyclic esters (lactones) is 1. The summed E-state index contributed by atoms with van der Waals surface area (Å²) >= 11 is 0. The molecule has 6 heteroatoms. The number of carbonyl (C=O) groups is 2. The summed E-state index contributed by atoms with van der Waals surface area (Å²) in [7, 11) is 1.64. The zero-order chi connectivity index (χ0) is 25.3. The molecule has 1 heterocycles. The number of unbranched alkanes of at least 4 members (excludes halogenated alkanes) is 2. The van der Waals surface area contributed by atoms with Crippen LogP contribution in [0.3, 0.4) is 0 Å². The number of esters is 2. The lowest BCUT2D eigenvalue weighted by Crippen LogP contribution is -2.08. The molecule has 6 nitrogen and oxygen atoms in total. The van der Waals surface area contributed by atoms with E-state index in [1.54, 1.807) is 43.5 Å². The maximum atomic E-state index is 12.5. The van der Waals surface area contributed by atoms with Gasteiger partial charge in [0.1, 0.15) is 23.4 Å². The second kappa shape index (κ2) is 12.1. The zero-order valence-electron chi connectivity index (χ0n) is 20.4. The van der Waals surface area contributed by atoms with Crippen molar-refractivity contribution < 1.29 is 28.5 Å². The summed E-state index contributed by atoms with van der Waals surface area (Å²) in [4.78, 5) is 23.9. The first-order valence-electron chi connectivity index (χ1n) is 12.1. The minimum absolute atomic E-state index is 0.0235. The molecule has 1 unspecified atom stereocenters. The van der Waals surface area contributed by atoms with Crippen LogP contribution in [0.15, 0.2) is 84.9 Å². The zero-order valence-corrected chi connectivity index (χ0v) is 20.4. The highest BCUT2D eigenvalue weighted by Gasteiger charge is 2.26. The van der Waals surface area contributed by atoms with Gasteiger partial charge < -0.3 is 18.9 Å². The maximum absolute atomic E-state index is 12.5. The average Bonchev–Trinajstić information content (AvgIpc) is 3.23. The van der Waals surface area contributed by atoms with E-state index in [-0.39, 0.29) is 12.1 Å². The molecule has 36 heavy (non-hydrogen) atoms. The Labute approximate surface area is 211 Å². The predicted octanol–water partition coefficient (Wildman–Crippen LogP) is 6.39. The normalized spacial score (nSPS) is 14.9. The van der Waals surface area contributed by atoms with Crippen LogP contribution in [0.1, 0.15) is 42.5 Å². The molecule has 0 N–H and O–H groups in total. The summed E-state index contributed by atoms with van der Waals surface area (Å²) in [5, 5.41) is 0. The summed E-state index contributed by atoms with van der Waals surface area (Å²) in [6.07, 6.45) is 4.33. The van der Waals surface area contributed by atoms with Crippen molar-refractivity contribution in [1.82, 2.24) is 0 Å². The molecule has 1 aliphatic rings. The van der Waals surface area contributed by atoms with Gasteiger partial charge >= 0.3 is 11.9 Å². The number of hydrogen-bond acceptors (Lipinski definition) is 6. The minimum atomic E-state index is -0.422. The molecule has 0 bridgehead atoms. The fourth-order valence-corrected chi connectivity index (χ4v) is 3.99. The number of rotatable bonds is 11. The van der Waals surface area contributed by atoms with E-state index in [1.807, 2.05) is 36.4 Å². The van der Waals surface area contributed by atoms with E-state index in [0.717, 1.165) is 42.6 Å². The highest BCUT2D eigenvalue weighted by molar-refractivity contribution is 5.91. The van der Waals surface area contributed by atoms with Gasteiger partial charge in [0.15, 0.2) is 0 Å². The van der Waals surface area contributed by atoms with Gasteiger partial charge in [-0.25, -0.2) is 9.59 Å². The Kier molecular flexibility index (Phi) is 8.40. The largest absolute Gasteiger partial charge is 0.497 e. The lowest BCUT2D eigenvalue weighted by atomic mass is 10.1. The maximum Gasteiger partial charge on any atom is 0.343 e. The van der Waals surface area contributed by atoms with Crippen molar-refractivity contribution >= 4 is 11.9 Å². The molecule has 0 radical (unpaired) electrons. The molecule has 0 aliphatic carbocycles. The van der Waals surface area contributed by atoms with E-state index < -0.39 is 5.97 Å².